The second-order valence-electron chi connectivity index (χ2n) is 7.64. The normalized spacial score (nSPS) is 31.1. The number of likely N-dealkylation sites (N-methyl/N-ethyl adjacent to an activating group) is 1. The first kappa shape index (κ1) is 17.0. The highest BCUT2D eigenvalue weighted by Crippen LogP contribution is 2.26. The number of rotatable bonds is 5. The predicted molar refractivity (Wildman–Crippen MR) is 91.6 cm³/mol. The lowest BCUT2D eigenvalue weighted by atomic mass is 9.88. The number of nitrogens with zero attached hydrogens (tertiary/aromatic N) is 3. The second kappa shape index (κ2) is 7.84. The van der Waals surface area contributed by atoms with Crippen LogP contribution in [0.2, 0.25) is 0 Å². The maximum Gasteiger partial charge on any atom is 0.320 e. The molecule has 0 aromatic carbocycles. The summed E-state index contributed by atoms with van der Waals surface area (Å²) in [4.78, 5) is 18.5. The Bertz CT molecular complexity index is 396. The Balaban J connectivity index is 1.34. The summed E-state index contributed by atoms with van der Waals surface area (Å²) in [7, 11) is 1.90. The van der Waals surface area contributed by atoms with E-state index in [9.17, 15) is 4.79 Å². The summed E-state index contributed by atoms with van der Waals surface area (Å²) in [5, 5.41) is 0. The molecule has 0 radical (unpaired) electrons. The molecule has 1 aliphatic carbocycles. The zero-order chi connectivity index (χ0) is 16.2. The molecule has 5 nitrogen and oxygen atoms in total. The molecule has 3 aliphatic rings. The van der Waals surface area contributed by atoms with E-state index in [4.69, 9.17) is 4.74 Å². The molecule has 3 rings (SSSR count). The van der Waals surface area contributed by atoms with Crippen molar-refractivity contribution in [3.63, 3.8) is 0 Å². The predicted octanol–water partition coefficient (Wildman–Crippen LogP) is 2.41. The molecule has 2 aliphatic heterocycles. The second-order valence-corrected chi connectivity index (χ2v) is 7.64. The molecule has 0 aromatic heterocycles. The number of likely N-dealkylation sites (tertiary alicyclic amines) is 1. The van der Waals surface area contributed by atoms with Crippen LogP contribution in [0.3, 0.4) is 0 Å². The Morgan fingerprint density at radius 3 is 2.43 bits per heavy atom. The average Bonchev–Trinajstić information content (AvgIpc) is 2.90. The van der Waals surface area contributed by atoms with Crippen LogP contribution in [0.1, 0.15) is 45.4 Å². The number of ether oxygens (including phenoxy) is 1. The third-order valence-electron chi connectivity index (χ3n) is 6.02. The average molecular weight is 323 g/mol. The molecule has 5 heteroatoms. The number of carbonyl (C=O) groups excluding carboxylic acids is 1. The van der Waals surface area contributed by atoms with Gasteiger partial charge in [0.25, 0.3) is 0 Å². The van der Waals surface area contributed by atoms with Crippen molar-refractivity contribution in [2.75, 3.05) is 46.4 Å². The van der Waals surface area contributed by atoms with E-state index in [1.807, 2.05) is 11.9 Å². The Morgan fingerprint density at radius 2 is 1.78 bits per heavy atom. The van der Waals surface area contributed by atoms with Crippen molar-refractivity contribution in [2.45, 2.75) is 57.6 Å². The molecule has 23 heavy (non-hydrogen) atoms. The van der Waals surface area contributed by atoms with Gasteiger partial charge in [0.2, 0.25) is 0 Å². The fourth-order valence-electron chi connectivity index (χ4n) is 4.32. The van der Waals surface area contributed by atoms with E-state index in [1.54, 1.807) is 0 Å². The molecule has 2 saturated heterocycles. The molecular weight excluding hydrogens is 290 g/mol. The van der Waals surface area contributed by atoms with Gasteiger partial charge in [0.05, 0.1) is 12.7 Å². The van der Waals surface area contributed by atoms with Crippen LogP contribution in [0.5, 0.6) is 0 Å². The first-order valence-corrected chi connectivity index (χ1v) is 9.51. The van der Waals surface area contributed by atoms with Crippen LogP contribution >= 0.6 is 0 Å². The Hall–Kier alpha value is -0.810. The summed E-state index contributed by atoms with van der Waals surface area (Å²) >= 11 is 0. The molecule has 2 atom stereocenters. The van der Waals surface area contributed by atoms with Gasteiger partial charge in [-0.1, -0.05) is 19.8 Å². The number of carbonyl (C=O) groups is 1. The highest BCUT2D eigenvalue weighted by atomic mass is 16.5. The lowest BCUT2D eigenvalue weighted by Crippen LogP contribution is -2.47. The Morgan fingerprint density at radius 1 is 1.04 bits per heavy atom. The van der Waals surface area contributed by atoms with Crippen LogP contribution in [0, 0.1) is 5.92 Å². The minimum Gasteiger partial charge on any atom is -0.377 e. The van der Waals surface area contributed by atoms with Crippen molar-refractivity contribution in [3.8, 4) is 0 Å². The molecular formula is C18H33N3O2. The molecule has 3 fully saturated rings. The fraction of sp³-hybridized carbons (Fsp3) is 0.944. The van der Waals surface area contributed by atoms with E-state index >= 15 is 0 Å². The molecule has 0 aromatic rings. The summed E-state index contributed by atoms with van der Waals surface area (Å²) in [5.41, 5.74) is 0. The summed E-state index contributed by atoms with van der Waals surface area (Å²) in [5.74, 6) is 0.729. The van der Waals surface area contributed by atoms with Gasteiger partial charge >= 0.3 is 6.03 Å². The molecule has 2 amide bonds. The van der Waals surface area contributed by atoms with Gasteiger partial charge in [-0.15, -0.1) is 0 Å². The zero-order valence-electron chi connectivity index (χ0n) is 14.9. The molecule has 0 spiro atoms. The van der Waals surface area contributed by atoms with Crippen molar-refractivity contribution in [1.82, 2.24) is 14.7 Å². The summed E-state index contributed by atoms with van der Waals surface area (Å²) in [6.45, 7) is 8.23. The van der Waals surface area contributed by atoms with Crippen LogP contribution in [-0.2, 0) is 4.74 Å². The minimum absolute atomic E-state index is 0.220. The number of hydrogen-bond acceptors (Lipinski definition) is 3. The lowest BCUT2D eigenvalue weighted by Gasteiger charge is -2.36. The number of piperidine rings is 1. The van der Waals surface area contributed by atoms with Crippen LogP contribution in [-0.4, -0.2) is 79.3 Å². The SMILES string of the molecule is CC1CCCCC1OCCN1CCC(N2CCN(C)C2=O)CC1. The molecule has 132 valence electrons. The van der Waals surface area contributed by atoms with E-state index in [0.717, 1.165) is 58.1 Å². The number of urea groups is 1. The van der Waals surface area contributed by atoms with Gasteiger partial charge in [0.15, 0.2) is 0 Å². The lowest BCUT2D eigenvalue weighted by molar-refractivity contribution is -0.0170. The van der Waals surface area contributed by atoms with Crippen molar-refractivity contribution >= 4 is 6.03 Å². The topological polar surface area (TPSA) is 36.0 Å². The monoisotopic (exact) mass is 323 g/mol. The largest absolute Gasteiger partial charge is 0.377 e. The first-order chi connectivity index (χ1) is 11.1. The maximum absolute atomic E-state index is 12.1. The summed E-state index contributed by atoms with van der Waals surface area (Å²) in [6.07, 6.45) is 7.98. The van der Waals surface area contributed by atoms with Crippen molar-refractivity contribution in [2.24, 2.45) is 5.92 Å². The van der Waals surface area contributed by atoms with Crippen LogP contribution < -0.4 is 0 Å². The highest BCUT2D eigenvalue weighted by Gasteiger charge is 2.33. The van der Waals surface area contributed by atoms with Crippen molar-refractivity contribution in [1.29, 1.82) is 0 Å². The number of amides is 2. The van der Waals surface area contributed by atoms with E-state index in [2.05, 4.69) is 16.7 Å². The van der Waals surface area contributed by atoms with E-state index in [-0.39, 0.29) is 6.03 Å². The molecule has 0 N–H and O–H groups in total. The van der Waals surface area contributed by atoms with Gasteiger partial charge in [-0.3, -0.25) is 0 Å². The van der Waals surface area contributed by atoms with Gasteiger partial charge in [0, 0.05) is 45.8 Å². The van der Waals surface area contributed by atoms with Gasteiger partial charge in [-0.05, 0) is 31.6 Å². The number of hydrogen-bond donors (Lipinski definition) is 0. The third-order valence-corrected chi connectivity index (χ3v) is 6.02. The highest BCUT2D eigenvalue weighted by molar-refractivity contribution is 5.76. The minimum atomic E-state index is 0.220. The summed E-state index contributed by atoms with van der Waals surface area (Å²) in [6, 6.07) is 0.668. The smallest absolute Gasteiger partial charge is 0.320 e. The van der Waals surface area contributed by atoms with Crippen LogP contribution in [0.25, 0.3) is 0 Å². The van der Waals surface area contributed by atoms with Crippen LogP contribution in [0.15, 0.2) is 0 Å². The first-order valence-electron chi connectivity index (χ1n) is 9.51. The standard InChI is InChI=1S/C18H33N3O2/c1-15-5-3-4-6-17(15)23-14-13-20-9-7-16(8-10-20)21-12-11-19(2)18(21)22/h15-17H,3-14H2,1-2H3. The van der Waals surface area contributed by atoms with E-state index in [1.165, 1.54) is 25.7 Å². The van der Waals surface area contributed by atoms with Crippen molar-refractivity contribution < 1.29 is 9.53 Å². The molecule has 2 heterocycles. The van der Waals surface area contributed by atoms with Gasteiger partial charge < -0.3 is 19.4 Å². The molecule has 2 unspecified atom stereocenters. The van der Waals surface area contributed by atoms with Gasteiger partial charge in [0.1, 0.15) is 0 Å². The van der Waals surface area contributed by atoms with Gasteiger partial charge in [-0.25, -0.2) is 4.79 Å². The Labute approximate surface area is 140 Å². The van der Waals surface area contributed by atoms with Crippen LogP contribution in [0.4, 0.5) is 4.79 Å². The fourth-order valence-corrected chi connectivity index (χ4v) is 4.32. The molecule has 0 bridgehead atoms. The summed E-state index contributed by atoms with van der Waals surface area (Å²) < 4.78 is 6.14. The molecule has 1 saturated carbocycles. The Kier molecular flexibility index (Phi) is 5.81. The maximum atomic E-state index is 12.1. The third kappa shape index (κ3) is 4.18. The van der Waals surface area contributed by atoms with Gasteiger partial charge in [-0.2, -0.15) is 0 Å². The van der Waals surface area contributed by atoms with Crippen molar-refractivity contribution in [3.05, 3.63) is 0 Å². The quantitative estimate of drug-likeness (QED) is 0.779. The van der Waals surface area contributed by atoms with E-state index < -0.39 is 0 Å². The van der Waals surface area contributed by atoms with E-state index in [0.29, 0.717) is 12.1 Å². The zero-order valence-corrected chi connectivity index (χ0v) is 14.9.